The van der Waals surface area contributed by atoms with E-state index in [9.17, 15) is 74.6 Å². The van der Waals surface area contributed by atoms with Crippen LogP contribution in [0.4, 0.5) is 74.6 Å². The summed E-state index contributed by atoms with van der Waals surface area (Å²) in [7, 11) is 0. The average Bonchev–Trinajstić information content (AvgIpc) is 3.10. The number of hydrogen-bond donors (Lipinski definition) is 0. The molecule has 0 spiro atoms. The third-order valence-electron chi connectivity index (χ3n) is 8.22. The van der Waals surface area contributed by atoms with Gasteiger partial charge in [-0.15, -0.1) is 0 Å². The average molecular weight is 612 g/mol. The van der Waals surface area contributed by atoms with Gasteiger partial charge in [-0.1, -0.05) is 0 Å². The number of rotatable bonds is 10. The monoisotopic (exact) mass is 612 g/mol. The van der Waals surface area contributed by atoms with Gasteiger partial charge in [0.2, 0.25) is 0 Å². The lowest BCUT2D eigenvalue weighted by atomic mass is 9.79. The van der Waals surface area contributed by atoms with E-state index in [1.807, 2.05) is 0 Å². The molecule has 4 aliphatic rings. The number of alkyl halides is 17. The van der Waals surface area contributed by atoms with Crippen LogP contribution in [0.2, 0.25) is 0 Å². The van der Waals surface area contributed by atoms with Gasteiger partial charge in [-0.2, -0.15) is 74.6 Å². The molecule has 0 aromatic heterocycles. The Hall–Kier alpha value is -1.27. The normalized spacial score (nSPS) is 33.9. The van der Waals surface area contributed by atoms with E-state index in [2.05, 4.69) is 0 Å². The van der Waals surface area contributed by atoms with Gasteiger partial charge in [0, 0.05) is 6.42 Å². The maximum Gasteiger partial charge on any atom is 0.460 e. The van der Waals surface area contributed by atoms with E-state index in [1.54, 1.807) is 0 Å². The fourth-order valence-corrected chi connectivity index (χ4v) is 6.15. The van der Waals surface area contributed by atoms with Crippen molar-refractivity contribution in [2.75, 3.05) is 6.61 Å². The first-order valence-electron chi connectivity index (χ1n) is 11.3. The van der Waals surface area contributed by atoms with Gasteiger partial charge in [-0.3, -0.25) is 0 Å². The molecule has 5 unspecified atom stereocenters. The maximum absolute atomic E-state index is 14.0. The minimum Gasteiger partial charge on any atom is -0.378 e. The van der Waals surface area contributed by atoms with Gasteiger partial charge in [0.15, 0.2) is 0 Å². The molecule has 0 aromatic rings. The summed E-state index contributed by atoms with van der Waals surface area (Å²) in [5, 5.41) is 0. The zero-order valence-corrected chi connectivity index (χ0v) is 18.8. The predicted molar refractivity (Wildman–Crippen MR) is 91.5 cm³/mol. The second kappa shape index (κ2) is 8.40. The van der Waals surface area contributed by atoms with Gasteiger partial charge >= 0.3 is 47.6 Å². The first kappa shape index (κ1) is 30.7. The van der Waals surface area contributed by atoms with E-state index in [0.717, 1.165) is 0 Å². The molecule has 0 N–H and O–H groups in total. The standard InChI is InChI=1S/C20H17F17O2/c21-13(22,1-2-38-9-4-6-3-7(9)8-5-10-12(39-10)11(6)8)14(23,24)15(25,26)16(27,28)17(29,30)18(31,32)19(33,34)20(35,36)37/h6-12H,1-5H2/t6-,7-,8?,9?,10?,11?,12?/m1/s1. The molecule has 228 valence electrons. The molecule has 0 radical (unpaired) electrons. The van der Waals surface area contributed by atoms with Crippen LogP contribution in [-0.2, 0) is 9.47 Å². The summed E-state index contributed by atoms with van der Waals surface area (Å²) >= 11 is 0. The molecule has 7 atom stereocenters. The molecule has 1 heterocycles. The Balaban J connectivity index is 1.47. The second-order valence-electron chi connectivity index (χ2n) is 10.3. The molecule has 3 aliphatic carbocycles. The minimum absolute atomic E-state index is 0.0116. The Labute approximate surface area is 207 Å². The summed E-state index contributed by atoms with van der Waals surface area (Å²) in [6, 6.07) is 0. The van der Waals surface area contributed by atoms with Crippen molar-refractivity contribution in [2.45, 2.75) is 91.6 Å². The van der Waals surface area contributed by atoms with Gasteiger partial charge < -0.3 is 9.47 Å². The van der Waals surface area contributed by atoms with Crippen LogP contribution in [0.25, 0.3) is 0 Å². The van der Waals surface area contributed by atoms with E-state index >= 15 is 0 Å². The van der Waals surface area contributed by atoms with Crippen LogP contribution in [0.3, 0.4) is 0 Å². The highest BCUT2D eigenvalue weighted by Gasteiger charge is 2.95. The quantitative estimate of drug-likeness (QED) is 0.192. The van der Waals surface area contributed by atoms with Gasteiger partial charge in [-0.25, -0.2) is 0 Å². The summed E-state index contributed by atoms with van der Waals surface area (Å²) in [6.45, 7) is -1.52. The lowest BCUT2D eigenvalue weighted by molar-refractivity contribution is -0.462. The summed E-state index contributed by atoms with van der Waals surface area (Å²) < 4.78 is 237. The number of fused-ring (bicyclic) bond motifs is 7. The Kier molecular flexibility index (Phi) is 6.61. The van der Waals surface area contributed by atoms with Crippen LogP contribution in [0.5, 0.6) is 0 Å². The van der Waals surface area contributed by atoms with Crippen molar-refractivity contribution in [3.63, 3.8) is 0 Å². The highest BCUT2D eigenvalue weighted by molar-refractivity contribution is 5.16. The molecule has 19 heteroatoms. The molecule has 0 amide bonds. The van der Waals surface area contributed by atoms with Gasteiger partial charge in [0.1, 0.15) is 0 Å². The van der Waals surface area contributed by atoms with Crippen molar-refractivity contribution in [1.82, 2.24) is 0 Å². The van der Waals surface area contributed by atoms with Crippen LogP contribution in [0.1, 0.15) is 25.7 Å². The molecule has 2 nitrogen and oxygen atoms in total. The maximum atomic E-state index is 14.0. The van der Waals surface area contributed by atoms with Crippen molar-refractivity contribution in [3.8, 4) is 0 Å². The molecule has 1 saturated heterocycles. The highest BCUT2D eigenvalue weighted by Crippen LogP contribution is 2.66. The molecule has 3 saturated carbocycles. The van der Waals surface area contributed by atoms with Crippen LogP contribution in [0.15, 0.2) is 0 Å². The smallest absolute Gasteiger partial charge is 0.378 e. The van der Waals surface area contributed by atoms with Crippen LogP contribution < -0.4 is 0 Å². The van der Waals surface area contributed by atoms with Gasteiger partial charge in [-0.05, 0) is 42.9 Å². The Bertz CT molecular complexity index is 960. The minimum atomic E-state index is -8.61. The van der Waals surface area contributed by atoms with E-state index < -0.39 is 66.8 Å². The fraction of sp³-hybridized carbons (Fsp3) is 1.00. The molecule has 1 aliphatic heterocycles. The summed E-state index contributed by atoms with van der Waals surface area (Å²) in [4.78, 5) is 0. The highest BCUT2D eigenvalue weighted by atomic mass is 19.4. The Morgan fingerprint density at radius 1 is 0.564 bits per heavy atom. The summed E-state index contributed by atoms with van der Waals surface area (Å²) in [6.07, 6.45) is -9.69. The molecular formula is C20H17F17O2. The van der Waals surface area contributed by atoms with Crippen molar-refractivity contribution in [2.24, 2.45) is 23.7 Å². The first-order chi connectivity index (χ1) is 17.3. The third-order valence-corrected chi connectivity index (χ3v) is 8.22. The lowest BCUT2D eigenvalue weighted by Crippen LogP contribution is -2.74. The molecule has 0 aromatic carbocycles. The molecule has 4 fully saturated rings. The van der Waals surface area contributed by atoms with Crippen LogP contribution in [0, 0.1) is 23.7 Å². The SMILES string of the molecule is FC(F)(F)C(F)(F)C(F)(F)C(F)(F)C(F)(F)C(F)(F)C(F)(F)C(F)(F)CCOC1C[C@H]2C[C@@H]1C1CC3OC3C12. The second-order valence-corrected chi connectivity index (χ2v) is 10.3. The van der Waals surface area contributed by atoms with Crippen molar-refractivity contribution < 1.29 is 84.1 Å². The number of epoxide rings is 1. The largest absolute Gasteiger partial charge is 0.460 e. The predicted octanol–water partition coefficient (Wildman–Crippen LogP) is 7.21. The first-order valence-corrected chi connectivity index (χ1v) is 11.3. The van der Waals surface area contributed by atoms with E-state index in [-0.39, 0.29) is 42.3 Å². The molecule has 39 heavy (non-hydrogen) atoms. The number of hydrogen-bond acceptors (Lipinski definition) is 2. The van der Waals surface area contributed by atoms with Crippen molar-refractivity contribution in [1.29, 1.82) is 0 Å². The topological polar surface area (TPSA) is 21.8 Å². The third kappa shape index (κ3) is 3.89. The zero-order chi connectivity index (χ0) is 30.0. The Morgan fingerprint density at radius 3 is 1.56 bits per heavy atom. The number of ether oxygens (including phenoxy) is 2. The zero-order valence-electron chi connectivity index (χ0n) is 18.8. The Morgan fingerprint density at radius 2 is 1.05 bits per heavy atom. The van der Waals surface area contributed by atoms with Crippen LogP contribution in [-0.4, -0.2) is 72.6 Å². The van der Waals surface area contributed by atoms with E-state index in [0.29, 0.717) is 12.8 Å². The van der Waals surface area contributed by atoms with Crippen molar-refractivity contribution >= 4 is 0 Å². The fourth-order valence-electron chi connectivity index (χ4n) is 6.15. The number of halogens is 17. The van der Waals surface area contributed by atoms with E-state index in [4.69, 9.17) is 9.47 Å². The summed E-state index contributed by atoms with van der Waals surface area (Å²) in [5.41, 5.74) is 0. The van der Waals surface area contributed by atoms with E-state index in [1.165, 1.54) is 0 Å². The van der Waals surface area contributed by atoms with Crippen LogP contribution >= 0.6 is 0 Å². The van der Waals surface area contributed by atoms with Crippen molar-refractivity contribution in [3.05, 3.63) is 0 Å². The molecule has 4 rings (SSSR count). The van der Waals surface area contributed by atoms with Gasteiger partial charge in [0.25, 0.3) is 0 Å². The van der Waals surface area contributed by atoms with Gasteiger partial charge in [0.05, 0.1) is 24.9 Å². The summed E-state index contributed by atoms with van der Waals surface area (Å²) in [5.74, 6) is -56.1. The lowest BCUT2D eigenvalue weighted by Gasteiger charge is -2.42. The molecule has 2 bridgehead atoms. The molecular weight excluding hydrogens is 595 g/mol.